The molecule has 5 atom stereocenters. The number of hydrogen-bond acceptors (Lipinski definition) is 12. The van der Waals surface area contributed by atoms with Gasteiger partial charge >= 0.3 is 0 Å². The van der Waals surface area contributed by atoms with Crippen molar-refractivity contribution in [1.82, 2.24) is 24.8 Å². The second kappa shape index (κ2) is 9.82. The fourth-order valence-electron chi connectivity index (χ4n) is 2.99. The quantitative estimate of drug-likeness (QED) is 0.111. The fourth-order valence-corrected chi connectivity index (χ4v) is 3.24. The van der Waals surface area contributed by atoms with Gasteiger partial charge in [-0.25, -0.2) is 9.97 Å². The van der Waals surface area contributed by atoms with Crippen LogP contribution in [-0.4, -0.2) is 96.5 Å². The monoisotopic (exact) mass is 443 g/mol. The van der Waals surface area contributed by atoms with E-state index in [0.717, 1.165) is 0 Å². The predicted molar refractivity (Wildman–Crippen MR) is 107 cm³/mol. The highest BCUT2D eigenvalue weighted by Crippen LogP contribution is 2.32. The van der Waals surface area contributed by atoms with Gasteiger partial charge in [-0.2, -0.15) is 4.98 Å². The minimum atomic E-state index is -1.27. The van der Waals surface area contributed by atoms with Gasteiger partial charge < -0.3 is 41.5 Å². The van der Waals surface area contributed by atoms with E-state index in [0.29, 0.717) is 35.7 Å². The molecule has 3 rings (SSSR count). The summed E-state index contributed by atoms with van der Waals surface area (Å²) in [5.41, 5.74) is 6.12. The summed E-state index contributed by atoms with van der Waals surface area (Å²) in [6.07, 6.45) is -2.50. The zero-order valence-electron chi connectivity index (χ0n) is 15.9. The first kappa shape index (κ1) is 22.6. The lowest BCUT2D eigenvalue weighted by Crippen LogP contribution is -2.43. The topological polar surface area (TPSA) is 201 Å². The highest BCUT2D eigenvalue weighted by atomic mass is 32.1. The van der Waals surface area contributed by atoms with Gasteiger partial charge in [-0.1, -0.05) is 0 Å². The molecule has 14 heteroatoms. The van der Waals surface area contributed by atoms with E-state index in [1.807, 2.05) is 0 Å². The van der Waals surface area contributed by atoms with Gasteiger partial charge in [-0.05, 0) is 6.42 Å². The van der Waals surface area contributed by atoms with E-state index >= 15 is 0 Å². The molecule has 0 spiro atoms. The molecule has 13 nitrogen and oxygen atoms in total. The van der Waals surface area contributed by atoms with Crippen molar-refractivity contribution in [2.45, 2.75) is 42.0 Å². The van der Waals surface area contributed by atoms with Crippen molar-refractivity contribution in [1.29, 1.82) is 0 Å². The van der Waals surface area contributed by atoms with Crippen molar-refractivity contribution in [3.63, 3.8) is 0 Å². The molecular formula is C16H25N7O6S. The lowest BCUT2D eigenvalue weighted by Gasteiger charge is -2.17. The number of amides is 1. The first-order chi connectivity index (χ1) is 14.4. The molecule has 0 aromatic carbocycles. The molecule has 8 N–H and O–H groups in total. The van der Waals surface area contributed by atoms with Crippen LogP contribution in [0.5, 0.6) is 0 Å². The Labute approximate surface area is 176 Å². The van der Waals surface area contributed by atoms with Crippen molar-refractivity contribution >= 4 is 35.6 Å². The number of aliphatic hydroxyl groups is 4. The van der Waals surface area contributed by atoms with Gasteiger partial charge in [0, 0.05) is 13.1 Å². The number of nitrogens with zero attached hydrogens (tertiary/aromatic N) is 4. The highest BCUT2D eigenvalue weighted by molar-refractivity contribution is 7.80. The summed E-state index contributed by atoms with van der Waals surface area (Å²) in [6.45, 7) is -0.0993. The van der Waals surface area contributed by atoms with Crippen LogP contribution in [0.4, 0.5) is 5.95 Å². The van der Waals surface area contributed by atoms with Crippen molar-refractivity contribution in [3.05, 3.63) is 6.33 Å². The lowest BCUT2D eigenvalue weighted by molar-refractivity contribution is -0.123. The van der Waals surface area contributed by atoms with Crippen LogP contribution in [0.2, 0.25) is 0 Å². The zero-order valence-corrected chi connectivity index (χ0v) is 16.8. The Hall–Kier alpha value is -2.07. The molecule has 166 valence electrons. The maximum absolute atomic E-state index is 11.5. The first-order valence-electron chi connectivity index (χ1n) is 9.31. The summed E-state index contributed by atoms with van der Waals surface area (Å²) in [5.74, 6) is -0.186. The van der Waals surface area contributed by atoms with E-state index in [4.69, 9.17) is 15.6 Å². The minimum absolute atomic E-state index is 0.249. The SMILES string of the molecule is NC(CO)C(=O)NCCCNc1nc(S)c2ncn([C@@H]3O[C@H](CO)C(O)[C@@H]3O)c2n1. The third kappa shape index (κ3) is 4.64. The number of carbonyl (C=O) groups is 1. The van der Waals surface area contributed by atoms with Crippen molar-refractivity contribution in [2.24, 2.45) is 5.73 Å². The number of hydrogen-bond donors (Lipinski definition) is 8. The smallest absolute Gasteiger partial charge is 0.239 e. The Morgan fingerprint density at radius 2 is 2.07 bits per heavy atom. The van der Waals surface area contributed by atoms with Gasteiger partial charge in [0.2, 0.25) is 11.9 Å². The third-order valence-corrected chi connectivity index (χ3v) is 4.98. The second-order valence-corrected chi connectivity index (χ2v) is 7.21. The average molecular weight is 443 g/mol. The number of aromatic nitrogens is 4. The third-order valence-electron chi connectivity index (χ3n) is 4.66. The lowest BCUT2D eigenvalue weighted by atomic mass is 10.1. The van der Waals surface area contributed by atoms with Gasteiger partial charge in [-0.15, -0.1) is 12.6 Å². The molecule has 1 aliphatic heterocycles. The molecule has 30 heavy (non-hydrogen) atoms. The molecule has 1 fully saturated rings. The molecule has 1 saturated heterocycles. The Kier molecular flexibility index (Phi) is 7.41. The van der Waals surface area contributed by atoms with Gasteiger partial charge in [0.05, 0.1) is 19.5 Å². The standard InChI is InChI=1S/C16H25N7O6S/c17-7(4-24)13(28)18-2-1-3-19-16-21-12-9(14(30)22-16)20-6-23(12)15-11(27)10(26)8(5-25)29-15/h6-8,10-11,15,24-27H,1-5,17H2,(H,18,28)(H2,19,21,22,30)/t7?,8-,10?,11+,15-/m1/s1. The van der Waals surface area contributed by atoms with Crippen LogP contribution in [0.15, 0.2) is 11.4 Å². The number of anilines is 1. The molecule has 2 aromatic heterocycles. The van der Waals surface area contributed by atoms with Crippen LogP contribution < -0.4 is 16.4 Å². The minimum Gasteiger partial charge on any atom is -0.394 e. The molecule has 0 radical (unpaired) electrons. The van der Waals surface area contributed by atoms with Gasteiger partial charge in [-0.3, -0.25) is 9.36 Å². The largest absolute Gasteiger partial charge is 0.394 e. The van der Waals surface area contributed by atoms with Crippen molar-refractivity contribution < 1.29 is 30.0 Å². The maximum atomic E-state index is 11.5. The number of rotatable bonds is 9. The Morgan fingerprint density at radius 1 is 1.30 bits per heavy atom. The molecule has 2 aromatic rings. The van der Waals surface area contributed by atoms with Crippen LogP contribution >= 0.6 is 12.6 Å². The summed E-state index contributed by atoms with van der Waals surface area (Å²) < 4.78 is 6.98. The number of nitrogens with two attached hydrogens (primary N) is 1. The van der Waals surface area contributed by atoms with Crippen LogP contribution in [0.3, 0.4) is 0 Å². The Bertz CT molecular complexity index is 883. The van der Waals surface area contributed by atoms with Gasteiger partial charge in [0.15, 0.2) is 11.9 Å². The van der Waals surface area contributed by atoms with E-state index in [2.05, 4.69) is 38.2 Å². The van der Waals surface area contributed by atoms with E-state index in [1.165, 1.54) is 10.9 Å². The predicted octanol–water partition coefficient (Wildman–Crippen LogP) is -3.04. The van der Waals surface area contributed by atoms with E-state index in [-0.39, 0.29) is 5.95 Å². The van der Waals surface area contributed by atoms with Gasteiger partial charge in [0.1, 0.15) is 34.9 Å². The number of nitrogens with one attached hydrogen (secondary N) is 2. The molecule has 0 saturated carbocycles. The average Bonchev–Trinajstić information content (AvgIpc) is 3.28. The highest BCUT2D eigenvalue weighted by Gasteiger charge is 2.44. The summed E-state index contributed by atoms with van der Waals surface area (Å²) in [6, 6.07) is -0.951. The normalized spacial score (nSPS) is 24.9. The zero-order chi connectivity index (χ0) is 21.8. The van der Waals surface area contributed by atoms with E-state index in [1.54, 1.807) is 0 Å². The fraction of sp³-hybridized carbons (Fsp3) is 0.625. The van der Waals surface area contributed by atoms with Crippen molar-refractivity contribution in [2.75, 3.05) is 31.6 Å². The molecule has 3 heterocycles. The summed E-state index contributed by atoms with van der Waals surface area (Å²) in [7, 11) is 0. The van der Waals surface area contributed by atoms with Crippen LogP contribution in [0, 0.1) is 0 Å². The number of aliphatic hydroxyl groups excluding tert-OH is 4. The number of ether oxygens (including phenoxy) is 1. The summed E-state index contributed by atoms with van der Waals surface area (Å²) in [4.78, 5) is 24.3. The van der Waals surface area contributed by atoms with E-state index < -0.39 is 49.7 Å². The van der Waals surface area contributed by atoms with Crippen LogP contribution in [0.25, 0.3) is 11.2 Å². The number of fused-ring (bicyclic) bond motifs is 1. The van der Waals surface area contributed by atoms with Crippen LogP contribution in [0.1, 0.15) is 12.6 Å². The molecule has 0 bridgehead atoms. The first-order valence-corrected chi connectivity index (χ1v) is 9.76. The number of imidazole rings is 1. The summed E-state index contributed by atoms with van der Waals surface area (Å²) in [5, 5.41) is 44.3. The molecule has 1 aliphatic rings. The maximum Gasteiger partial charge on any atom is 0.239 e. The Balaban J connectivity index is 1.66. The van der Waals surface area contributed by atoms with E-state index in [9.17, 15) is 20.1 Å². The second-order valence-electron chi connectivity index (χ2n) is 6.78. The van der Waals surface area contributed by atoms with Gasteiger partial charge in [0.25, 0.3) is 0 Å². The number of thiol groups is 1. The Morgan fingerprint density at radius 3 is 2.73 bits per heavy atom. The van der Waals surface area contributed by atoms with Crippen molar-refractivity contribution in [3.8, 4) is 0 Å². The molecule has 2 unspecified atom stereocenters. The number of carbonyl (C=O) groups excluding carboxylic acids is 1. The molecular weight excluding hydrogens is 418 g/mol. The molecule has 0 aliphatic carbocycles. The summed E-state index contributed by atoms with van der Waals surface area (Å²) >= 11 is 4.32. The van der Waals surface area contributed by atoms with Crippen LogP contribution in [-0.2, 0) is 9.53 Å². The molecule has 1 amide bonds.